The van der Waals surface area contributed by atoms with E-state index in [4.69, 9.17) is 9.47 Å². The molecule has 0 radical (unpaired) electrons. The molecule has 0 spiro atoms. The minimum atomic E-state index is -1.02. The van der Waals surface area contributed by atoms with E-state index in [0.717, 1.165) is 16.9 Å². The lowest BCUT2D eigenvalue weighted by Gasteiger charge is -2.24. The van der Waals surface area contributed by atoms with E-state index in [0.29, 0.717) is 25.1 Å². The summed E-state index contributed by atoms with van der Waals surface area (Å²) in [5, 5.41) is 10.8. The van der Waals surface area contributed by atoms with E-state index >= 15 is 0 Å². The SMILES string of the molecule is COCc1ccc(C(=O)N2CC[C@](O)(COc3ccccc3C)C2)cc1. The van der Waals surface area contributed by atoms with E-state index in [-0.39, 0.29) is 19.1 Å². The summed E-state index contributed by atoms with van der Waals surface area (Å²) in [6.45, 7) is 3.46. The number of methoxy groups -OCH3 is 1. The minimum absolute atomic E-state index is 0.0687. The lowest BCUT2D eigenvalue weighted by Crippen LogP contribution is -2.40. The van der Waals surface area contributed by atoms with Crippen LogP contribution in [0.4, 0.5) is 0 Å². The van der Waals surface area contributed by atoms with Crippen molar-refractivity contribution in [3.05, 3.63) is 65.2 Å². The monoisotopic (exact) mass is 355 g/mol. The molecule has 26 heavy (non-hydrogen) atoms. The molecule has 5 heteroatoms. The normalized spacial score (nSPS) is 19.6. The fourth-order valence-corrected chi connectivity index (χ4v) is 3.17. The van der Waals surface area contributed by atoms with Crippen LogP contribution in [-0.2, 0) is 11.3 Å². The molecule has 0 aliphatic carbocycles. The Kier molecular flexibility index (Phi) is 5.59. The third-order valence-corrected chi connectivity index (χ3v) is 4.72. The van der Waals surface area contributed by atoms with Crippen molar-refractivity contribution in [2.75, 3.05) is 26.8 Å². The molecule has 0 aromatic heterocycles. The van der Waals surface area contributed by atoms with Crippen molar-refractivity contribution in [2.24, 2.45) is 0 Å². The Morgan fingerprint density at radius 3 is 2.62 bits per heavy atom. The van der Waals surface area contributed by atoms with E-state index in [1.165, 1.54) is 0 Å². The van der Waals surface area contributed by atoms with Gasteiger partial charge in [-0.3, -0.25) is 4.79 Å². The summed E-state index contributed by atoms with van der Waals surface area (Å²) >= 11 is 0. The third kappa shape index (κ3) is 4.23. The summed E-state index contributed by atoms with van der Waals surface area (Å²) in [7, 11) is 1.64. The molecule has 3 rings (SSSR count). The van der Waals surface area contributed by atoms with Crippen LogP contribution in [0.3, 0.4) is 0 Å². The smallest absolute Gasteiger partial charge is 0.253 e. The molecule has 138 valence electrons. The molecule has 1 aliphatic heterocycles. The molecule has 5 nitrogen and oxygen atoms in total. The molecule has 0 saturated carbocycles. The van der Waals surface area contributed by atoms with Gasteiger partial charge in [0.2, 0.25) is 0 Å². The van der Waals surface area contributed by atoms with Crippen molar-refractivity contribution in [3.8, 4) is 5.75 Å². The molecule has 1 amide bonds. The number of likely N-dealkylation sites (tertiary alicyclic amines) is 1. The van der Waals surface area contributed by atoms with Gasteiger partial charge < -0.3 is 19.5 Å². The number of benzene rings is 2. The number of para-hydroxylation sites is 1. The second-order valence-corrected chi connectivity index (χ2v) is 6.89. The van der Waals surface area contributed by atoms with Crippen LogP contribution in [0.25, 0.3) is 0 Å². The Balaban J connectivity index is 1.59. The average Bonchev–Trinajstić information content (AvgIpc) is 3.04. The number of hydrogen-bond donors (Lipinski definition) is 1. The summed E-state index contributed by atoms with van der Waals surface area (Å²) in [6, 6.07) is 15.1. The second-order valence-electron chi connectivity index (χ2n) is 6.89. The van der Waals surface area contributed by atoms with Crippen LogP contribution < -0.4 is 4.74 Å². The van der Waals surface area contributed by atoms with Crippen LogP contribution in [0.15, 0.2) is 48.5 Å². The first-order chi connectivity index (χ1) is 12.5. The van der Waals surface area contributed by atoms with Gasteiger partial charge in [-0.2, -0.15) is 0 Å². The van der Waals surface area contributed by atoms with Crippen molar-refractivity contribution in [3.63, 3.8) is 0 Å². The standard InChI is InChI=1S/C21H25NO4/c1-16-5-3-4-6-19(16)26-15-21(24)11-12-22(14-21)20(23)18-9-7-17(8-10-18)13-25-2/h3-10,24H,11-15H2,1-2H3/t21-/m1/s1. The first kappa shape index (κ1) is 18.4. The Labute approximate surface area is 154 Å². The predicted octanol–water partition coefficient (Wildman–Crippen LogP) is 2.80. The summed E-state index contributed by atoms with van der Waals surface area (Å²) < 4.78 is 10.9. The summed E-state index contributed by atoms with van der Waals surface area (Å²) in [5.41, 5.74) is 1.65. The lowest BCUT2D eigenvalue weighted by molar-refractivity contribution is 0.00413. The van der Waals surface area contributed by atoms with E-state index in [9.17, 15) is 9.90 Å². The molecule has 1 atom stereocenters. The maximum absolute atomic E-state index is 12.7. The van der Waals surface area contributed by atoms with Gasteiger partial charge in [-0.05, 0) is 42.7 Å². The topological polar surface area (TPSA) is 59.0 Å². The van der Waals surface area contributed by atoms with Crippen molar-refractivity contribution in [2.45, 2.75) is 25.6 Å². The van der Waals surface area contributed by atoms with Crippen molar-refractivity contribution in [1.29, 1.82) is 0 Å². The second kappa shape index (κ2) is 7.89. The average molecular weight is 355 g/mol. The lowest BCUT2D eigenvalue weighted by atomic mass is 10.1. The molecule has 2 aromatic rings. The molecule has 1 saturated heterocycles. The molecule has 2 aromatic carbocycles. The number of β-amino-alcohol motifs (C(OH)–C–C–N with tert-alkyl or cyclic N) is 1. The van der Waals surface area contributed by atoms with Gasteiger partial charge in [-0.1, -0.05) is 30.3 Å². The van der Waals surface area contributed by atoms with Crippen molar-refractivity contribution < 1.29 is 19.4 Å². The third-order valence-electron chi connectivity index (χ3n) is 4.72. The highest BCUT2D eigenvalue weighted by Crippen LogP contribution is 2.25. The van der Waals surface area contributed by atoms with E-state index in [1.54, 1.807) is 24.1 Å². The summed E-state index contributed by atoms with van der Waals surface area (Å²) in [6.07, 6.45) is 0.506. The molecule has 1 aliphatic rings. The molecule has 0 unspecified atom stereocenters. The van der Waals surface area contributed by atoms with Crippen LogP contribution in [0, 0.1) is 6.92 Å². The Morgan fingerprint density at radius 2 is 1.92 bits per heavy atom. The highest BCUT2D eigenvalue weighted by molar-refractivity contribution is 5.94. The van der Waals surface area contributed by atoms with Crippen molar-refractivity contribution >= 4 is 5.91 Å². The number of carbonyl (C=O) groups is 1. The van der Waals surface area contributed by atoms with E-state index in [1.807, 2.05) is 43.3 Å². The number of ether oxygens (including phenoxy) is 2. The zero-order chi connectivity index (χ0) is 18.6. The zero-order valence-electron chi connectivity index (χ0n) is 15.3. The summed E-state index contributed by atoms with van der Waals surface area (Å²) in [4.78, 5) is 14.4. The van der Waals surface area contributed by atoms with E-state index < -0.39 is 5.60 Å². The molecule has 1 N–H and O–H groups in total. The van der Waals surface area contributed by atoms with Crippen molar-refractivity contribution in [1.82, 2.24) is 4.90 Å². The quantitative estimate of drug-likeness (QED) is 0.866. The first-order valence-electron chi connectivity index (χ1n) is 8.79. The van der Waals surface area contributed by atoms with Gasteiger partial charge in [0, 0.05) is 19.2 Å². The zero-order valence-corrected chi connectivity index (χ0v) is 15.3. The van der Waals surface area contributed by atoms with E-state index in [2.05, 4.69) is 0 Å². The Hall–Kier alpha value is -2.37. The number of rotatable bonds is 6. The van der Waals surface area contributed by atoms with Gasteiger partial charge in [0.1, 0.15) is 18.0 Å². The molecule has 1 heterocycles. The Bertz CT molecular complexity index is 759. The van der Waals surface area contributed by atoms with Crippen LogP contribution in [0.2, 0.25) is 0 Å². The van der Waals surface area contributed by atoms with Crippen LogP contribution >= 0.6 is 0 Å². The number of carbonyl (C=O) groups excluding carboxylic acids is 1. The van der Waals surface area contributed by atoms with Gasteiger partial charge in [-0.15, -0.1) is 0 Å². The number of amides is 1. The first-order valence-corrected chi connectivity index (χ1v) is 8.79. The molecular formula is C21H25NO4. The van der Waals surface area contributed by atoms with Crippen LogP contribution in [0.1, 0.15) is 27.9 Å². The van der Waals surface area contributed by atoms with Gasteiger partial charge in [0.25, 0.3) is 5.91 Å². The minimum Gasteiger partial charge on any atom is -0.490 e. The Morgan fingerprint density at radius 1 is 1.19 bits per heavy atom. The number of nitrogens with zero attached hydrogens (tertiary/aromatic N) is 1. The number of hydrogen-bond acceptors (Lipinski definition) is 4. The summed E-state index contributed by atoms with van der Waals surface area (Å²) in [5.74, 6) is 0.695. The highest BCUT2D eigenvalue weighted by atomic mass is 16.5. The fourth-order valence-electron chi connectivity index (χ4n) is 3.17. The van der Waals surface area contributed by atoms with Gasteiger partial charge in [-0.25, -0.2) is 0 Å². The van der Waals surface area contributed by atoms with Crippen LogP contribution in [-0.4, -0.2) is 48.3 Å². The largest absolute Gasteiger partial charge is 0.490 e. The van der Waals surface area contributed by atoms with Gasteiger partial charge in [0.15, 0.2) is 0 Å². The van der Waals surface area contributed by atoms with Gasteiger partial charge in [0.05, 0.1) is 13.2 Å². The predicted molar refractivity (Wildman–Crippen MR) is 99.3 cm³/mol. The fraction of sp³-hybridized carbons (Fsp3) is 0.381. The maximum atomic E-state index is 12.7. The number of aryl methyl sites for hydroxylation is 1. The number of aliphatic hydroxyl groups is 1. The van der Waals surface area contributed by atoms with Gasteiger partial charge >= 0.3 is 0 Å². The molecule has 1 fully saturated rings. The maximum Gasteiger partial charge on any atom is 0.253 e. The highest BCUT2D eigenvalue weighted by Gasteiger charge is 2.39. The molecular weight excluding hydrogens is 330 g/mol. The van der Waals surface area contributed by atoms with Crippen LogP contribution in [0.5, 0.6) is 5.75 Å². The molecule has 0 bridgehead atoms.